The maximum absolute atomic E-state index is 4.64. The average Bonchev–Trinajstić information content (AvgIpc) is 2.87. The molecule has 0 fully saturated rings. The predicted molar refractivity (Wildman–Crippen MR) is 76.1 cm³/mol. The molecule has 0 bridgehead atoms. The summed E-state index contributed by atoms with van der Waals surface area (Å²) in [5.41, 5.74) is 4.47. The Balaban J connectivity index is 2.01. The van der Waals surface area contributed by atoms with Crippen LogP contribution >= 0.6 is 0 Å². The van der Waals surface area contributed by atoms with Crippen molar-refractivity contribution in [2.75, 3.05) is 10.6 Å². The summed E-state index contributed by atoms with van der Waals surface area (Å²) in [5.74, 6) is 2.03. The van der Waals surface area contributed by atoms with Gasteiger partial charge in [0.15, 0.2) is 0 Å². The third-order valence-corrected chi connectivity index (χ3v) is 3.48. The lowest BCUT2D eigenvalue weighted by atomic mass is 10.2. The van der Waals surface area contributed by atoms with Crippen LogP contribution in [0.25, 0.3) is 11.0 Å². The van der Waals surface area contributed by atoms with E-state index in [4.69, 9.17) is 0 Å². The van der Waals surface area contributed by atoms with E-state index in [0.29, 0.717) is 18.0 Å². The molecule has 0 aliphatic carbocycles. The van der Waals surface area contributed by atoms with Crippen molar-refractivity contribution in [3.63, 3.8) is 0 Å². The molecular weight excluding hydrogens is 224 g/mol. The molecular formula is C14H20N4. The third-order valence-electron chi connectivity index (χ3n) is 3.48. The summed E-state index contributed by atoms with van der Waals surface area (Å²) >= 11 is 0. The second-order valence-corrected chi connectivity index (χ2v) is 5.70. The molecule has 1 aromatic carbocycles. The van der Waals surface area contributed by atoms with Gasteiger partial charge in [-0.25, -0.2) is 4.98 Å². The molecule has 4 nitrogen and oxygen atoms in total. The number of benzene rings is 1. The van der Waals surface area contributed by atoms with Crippen molar-refractivity contribution in [2.45, 2.75) is 39.8 Å². The number of hydrogen-bond donors (Lipinski definition) is 3. The Morgan fingerprint density at radius 3 is 2.33 bits per heavy atom. The topological polar surface area (TPSA) is 52.7 Å². The lowest BCUT2D eigenvalue weighted by molar-refractivity contribution is 0.581. The highest BCUT2D eigenvalue weighted by Gasteiger charge is 2.23. The molecule has 96 valence electrons. The number of aromatic amines is 1. The van der Waals surface area contributed by atoms with Gasteiger partial charge in [-0.1, -0.05) is 27.7 Å². The smallest absolute Gasteiger partial charge is 0.109 e. The van der Waals surface area contributed by atoms with Crippen LogP contribution in [0.3, 0.4) is 0 Å². The van der Waals surface area contributed by atoms with E-state index in [1.807, 2.05) is 0 Å². The van der Waals surface area contributed by atoms with Gasteiger partial charge in [0, 0.05) is 5.92 Å². The number of nitrogens with one attached hydrogen (secondary N) is 3. The van der Waals surface area contributed by atoms with Gasteiger partial charge in [0.2, 0.25) is 0 Å². The van der Waals surface area contributed by atoms with E-state index in [2.05, 4.69) is 60.4 Å². The van der Waals surface area contributed by atoms with Gasteiger partial charge in [-0.3, -0.25) is 0 Å². The normalized spacial score (nSPS) is 15.2. The number of nitrogens with zero attached hydrogens (tertiary/aromatic N) is 1. The summed E-state index contributed by atoms with van der Waals surface area (Å²) < 4.78 is 0. The predicted octanol–water partition coefficient (Wildman–Crippen LogP) is 3.51. The standard InChI is InChI=1S/C14H20N4/c1-7(2)13-15-9-5-11-12(6-10(9)16-13)18-14(17-11)8(3)4/h5-8,13,15-16H,1-4H3,(H,17,18). The van der Waals surface area contributed by atoms with E-state index in [1.54, 1.807) is 0 Å². The van der Waals surface area contributed by atoms with Crippen molar-refractivity contribution in [3.05, 3.63) is 18.0 Å². The summed E-state index contributed by atoms with van der Waals surface area (Å²) in [5, 5.41) is 7.01. The molecule has 1 unspecified atom stereocenters. The zero-order valence-electron chi connectivity index (χ0n) is 11.3. The largest absolute Gasteiger partial charge is 0.363 e. The van der Waals surface area contributed by atoms with Crippen molar-refractivity contribution >= 4 is 22.4 Å². The second-order valence-electron chi connectivity index (χ2n) is 5.70. The molecule has 1 aromatic heterocycles. The van der Waals surface area contributed by atoms with E-state index >= 15 is 0 Å². The molecule has 0 saturated heterocycles. The minimum Gasteiger partial charge on any atom is -0.363 e. The van der Waals surface area contributed by atoms with Gasteiger partial charge in [0.1, 0.15) is 5.82 Å². The third kappa shape index (κ3) is 1.72. The monoisotopic (exact) mass is 244 g/mol. The van der Waals surface area contributed by atoms with Crippen LogP contribution in [0.2, 0.25) is 0 Å². The van der Waals surface area contributed by atoms with Crippen LogP contribution in [0.15, 0.2) is 12.1 Å². The Morgan fingerprint density at radius 1 is 1.06 bits per heavy atom. The number of imidazole rings is 1. The van der Waals surface area contributed by atoms with Crippen molar-refractivity contribution in [1.82, 2.24) is 9.97 Å². The molecule has 0 spiro atoms. The highest BCUT2D eigenvalue weighted by Crippen LogP contribution is 2.34. The summed E-state index contributed by atoms with van der Waals surface area (Å²) in [6.07, 6.45) is 0.316. The molecule has 18 heavy (non-hydrogen) atoms. The fourth-order valence-electron chi connectivity index (χ4n) is 2.29. The van der Waals surface area contributed by atoms with Crippen molar-refractivity contribution in [3.8, 4) is 0 Å². The van der Waals surface area contributed by atoms with E-state index in [0.717, 1.165) is 22.5 Å². The zero-order chi connectivity index (χ0) is 12.9. The Hall–Kier alpha value is -1.71. The Kier molecular flexibility index (Phi) is 2.47. The maximum atomic E-state index is 4.64. The molecule has 3 N–H and O–H groups in total. The average molecular weight is 244 g/mol. The quantitative estimate of drug-likeness (QED) is 0.757. The number of rotatable bonds is 2. The van der Waals surface area contributed by atoms with Gasteiger partial charge in [0.25, 0.3) is 0 Å². The van der Waals surface area contributed by atoms with Crippen LogP contribution in [0, 0.1) is 5.92 Å². The van der Waals surface area contributed by atoms with E-state index < -0.39 is 0 Å². The summed E-state index contributed by atoms with van der Waals surface area (Å²) in [6, 6.07) is 4.28. The minimum atomic E-state index is 0.316. The molecule has 2 heterocycles. The van der Waals surface area contributed by atoms with Crippen LogP contribution in [0.5, 0.6) is 0 Å². The van der Waals surface area contributed by atoms with Crippen molar-refractivity contribution in [1.29, 1.82) is 0 Å². The number of H-pyrrole nitrogens is 1. The summed E-state index contributed by atoms with van der Waals surface area (Å²) in [4.78, 5) is 8.03. The van der Waals surface area contributed by atoms with Gasteiger partial charge in [0.05, 0.1) is 28.6 Å². The zero-order valence-corrected chi connectivity index (χ0v) is 11.3. The van der Waals surface area contributed by atoms with E-state index in [-0.39, 0.29) is 0 Å². The Labute approximate surface area is 107 Å². The minimum absolute atomic E-state index is 0.316. The van der Waals surface area contributed by atoms with Gasteiger partial charge in [-0.05, 0) is 18.1 Å². The van der Waals surface area contributed by atoms with Crippen molar-refractivity contribution < 1.29 is 0 Å². The van der Waals surface area contributed by atoms with Gasteiger partial charge in [-0.15, -0.1) is 0 Å². The van der Waals surface area contributed by atoms with Crippen LogP contribution in [0.1, 0.15) is 39.4 Å². The van der Waals surface area contributed by atoms with Crippen LogP contribution < -0.4 is 10.6 Å². The van der Waals surface area contributed by atoms with Gasteiger partial charge in [-0.2, -0.15) is 0 Å². The molecule has 4 heteroatoms. The molecule has 1 aliphatic rings. The molecule has 0 saturated carbocycles. The lowest BCUT2D eigenvalue weighted by Crippen LogP contribution is -2.27. The molecule has 0 amide bonds. The van der Waals surface area contributed by atoms with E-state index in [1.165, 1.54) is 5.69 Å². The first-order valence-electron chi connectivity index (χ1n) is 6.61. The molecule has 1 aliphatic heterocycles. The summed E-state index contributed by atoms with van der Waals surface area (Å²) in [6.45, 7) is 8.71. The lowest BCUT2D eigenvalue weighted by Gasteiger charge is -2.15. The first-order valence-corrected chi connectivity index (χ1v) is 6.61. The molecule has 2 aromatic rings. The number of aromatic nitrogens is 2. The number of anilines is 2. The summed E-state index contributed by atoms with van der Waals surface area (Å²) in [7, 11) is 0. The number of hydrogen-bond acceptors (Lipinski definition) is 3. The van der Waals surface area contributed by atoms with Crippen LogP contribution in [0.4, 0.5) is 11.4 Å². The van der Waals surface area contributed by atoms with Gasteiger partial charge < -0.3 is 15.6 Å². The highest BCUT2D eigenvalue weighted by molar-refractivity contribution is 5.90. The Bertz CT molecular complexity index is 540. The van der Waals surface area contributed by atoms with Gasteiger partial charge >= 0.3 is 0 Å². The SMILES string of the molecule is CC(C)c1nc2cc3c(cc2[nH]1)NC(C(C)C)N3. The highest BCUT2D eigenvalue weighted by atomic mass is 15.2. The molecule has 1 atom stereocenters. The number of fused-ring (bicyclic) bond motifs is 2. The fourth-order valence-corrected chi connectivity index (χ4v) is 2.29. The van der Waals surface area contributed by atoms with Crippen molar-refractivity contribution in [2.24, 2.45) is 5.92 Å². The van der Waals surface area contributed by atoms with Crippen LogP contribution in [-0.4, -0.2) is 16.1 Å². The van der Waals surface area contributed by atoms with E-state index in [9.17, 15) is 0 Å². The van der Waals surface area contributed by atoms with Crippen LogP contribution in [-0.2, 0) is 0 Å². The fraction of sp³-hybridized carbons (Fsp3) is 0.500. The second kappa shape index (κ2) is 3.90. The Morgan fingerprint density at radius 2 is 1.72 bits per heavy atom. The first kappa shape index (κ1) is 11.4. The molecule has 3 rings (SSSR count). The molecule has 0 radical (unpaired) electrons. The maximum Gasteiger partial charge on any atom is 0.109 e. The first-order chi connectivity index (χ1) is 8.54.